The van der Waals surface area contributed by atoms with E-state index in [-0.39, 0.29) is 18.7 Å². The lowest BCUT2D eigenvalue weighted by Gasteiger charge is -2.28. The van der Waals surface area contributed by atoms with Gasteiger partial charge in [-0.2, -0.15) is 0 Å². The van der Waals surface area contributed by atoms with Gasteiger partial charge < -0.3 is 23.7 Å². The SMILES string of the molecule is C=C/C(=N\OC)N(CC1CN(c2cc(F)c(N3C=CC(=O)CC3)c(F)c2F)C(=O)O1)P(=O)(O)OC(=O)OC. The highest BCUT2D eigenvalue weighted by molar-refractivity contribution is 7.51. The molecule has 1 aromatic rings. The Morgan fingerprint density at radius 1 is 1.34 bits per heavy atom. The summed E-state index contributed by atoms with van der Waals surface area (Å²) in [5.74, 6) is -5.08. The molecule has 17 heteroatoms. The van der Waals surface area contributed by atoms with Gasteiger partial charge in [-0.3, -0.25) is 14.6 Å². The molecule has 13 nitrogen and oxygen atoms in total. The number of rotatable bonds is 8. The maximum absolute atomic E-state index is 15.0. The lowest BCUT2D eigenvalue weighted by Crippen LogP contribution is -2.37. The Morgan fingerprint density at radius 3 is 2.63 bits per heavy atom. The second kappa shape index (κ2) is 11.6. The van der Waals surface area contributed by atoms with Crippen LogP contribution in [0.4, 0.5) is 34.1 Å². The minimum atomic E-state index is -5.06. The third-order valence-corrected chi connectivity index (χ3v) is 6.65. The standard InChI is InChI=1S/C21H22F3N4O9P/c1-4-16(25-35-3)28(38(32,33)37-21(31)34-2)11-13-10-27(20(30)36-13)15-9-14(22)19(18(24)17(15)23)26-7-5-12(29)6-8-26/h4-5,7,9,13H,1,6,8,10-11H2,2-3H3,(H,32,33)/b25-16+. The molecule has 206 valence electrons. The number of hydrogen-bond acceptors (Lipinski definition) is 10. The van der Waals surface area contributed by atoms with Gasteiger partial charge in [-0.05, 0) is 12.2 Å². The van der Waals surface area contributed by atoms with Gasteiger partial charge in [0.05, 0.1) is 25.9 Å². The van der Waals surface area contributed by atoms with Crippen LogP contribution >= 0.6 is 7.75 Å². The summed E-state index contributed by atoms with van der Waals surface area (Å²) in [5, 5.41) is 3.49. The molecule has 0 saturated carbocycles. The van der Waals surface area contributed by atoms with Crippen LogP contribution in [-0.4, -0.2) is 73.4 Å². The zero-order valence-corrected chi connectivity index (χ0v) is 20.9. The van der Waals surface area contributed by atoms with Gasteiger partial charge in [-0.15, -0.1) is 0 Å². The molecule has 0 bridgehead atoms. The van der Waals surface area contributed by atoms with Gasteiger partial charge in [0.25, 0.3) is 0 Å². The molecule has 0 aliphatic carbocycles. The maximum atomic E-state index is 15.0. The van der Waals surface area contributed by atoms with Crippen LogP contribution in [0.25, 0.3) is 0 Å². The van der Waals surface area contributed by atoms with Crippen LogP contribution in [0.2, 0.25) is 0 Å². The molecule has 3 rings (SSSR count). The number of oxime groups is 1. The van der Waals surface area contributed by atoms with Gasteiger partial charge in [0.2, 0.25) is 0 Å². The second-order valence-corrected chi connectivity index (χ2v) is 9.30. The lowest BCUT2D eigenvalue weighted by molar-refractivity contribution is -0.114. The number of nitrogens with zero attached hydrogens (tertiary/aromatic N) is 4. The van der Waals surface area contributed by atoms with Crippen LogP contribution in [0, 0.1) is 17.5 Å². The zero-order valence-electron chi connectivity index (χ0n) is 20.0. The van der Waals surface area contributed by atoms with E-state index in [1.165, 1.54) is 0 Å². The van der Waals surface area contributed by atoms with E-state index in [9.17, 15) is 32.6 Å². The number of halogens is 3. The summed E-state index contributed by atoms with van der Waals surface area (Å²) in [6.45, 7) is 2.10. The number of cyclic esters (lactones) is 1. The van der Waals surface area contributed by atoms with Crippen molar-refractivity contribution in [3.05, 3.63) is 48.4 Å². The van der Waals surface area contributed by atoms with E-state index in [0.29, 0.717) is 15.6 Å². The summed E-state index contributed by atoms with van der Waals surface area (Å²) in [4.78, 5) is 51.8. The largest absolute Gasteiger partial charge is 0.515 e. The first-order valence-electron chi connectivity index (χ1n) is 10.7. The van der Waals surface area contributed by atoms with Crippen molar-refractivity contribution in [2.24, 2.45) is 5.16 Å². The molecule has 2 atom stereocenters. The summed E-state index contributed by atoms with van der Waals surface area (Å²) in [6.07, 6.45) is -0.939. The van der Waals surface area contributed by atoms with Gasteiger partial charge in [0, 0.05) is 25.2 Å². The predicted octanol–water partition coefficient (Wildman–Crippen LogP) is 3.05. The van der Waals surface area contributed by atoms with E-state index in [0.717, 1.165) is 37.5 Å². The minimum absolute atomic E-state index is 0.0388. The number of carbonyl (C=O) groups is 3. The van der Waals surface area contributed by atoms with Crippen molar-refractivity contribution in [2.75, 3.05) is 43.7 Å². The molecular formula is C21H22F3N4O9P. The molecule has 1 N–H and O–H groups in total. The quantitative estimate of drug-likeness (QED) is 0.125. The van der Waals surface area contributed by atoms with E-state index in [2.05, 4.69) is 25.8 Å². The van der Waals surface area contributed by atoms with Crippen molar-refractivity contribution in [1.29, 1.82) is 0 Å². The van der Waals surface area contributed by atoms with Crippen molar-refractivity contribution < 1.29 is 55.8 Å². The van der Waals surface area contributed by atoms with E-state index in [4.69, 9.17) is 4.74 Å². The maximum Gasteiger partial charge on any atom is 0.515 e. The summed E-state index contributed by atoms with van der Waals surface area (Å²) in [7, 11) is -3.06. The van der Waals surface area contributed by atoms with Crippen LogP contribution in [-0.2, 0) is 28.2 Å². The number of carbonyl (C=O) groups excluding carboxylic acids is 3. The summed E-state index contributed by atoms with van der Waals surface area (Å²) in [5.41, 5.74) is -1.55. The van der Waals surface area contributed by atoms with Crippen molar-refractivity contribution in [3.8, 4) is 0 Å². The van der Waals surface area contributed by atoms with Gasteiger partial charge >= 0.3 is 20.0 Å². The fourth-order valence-corrected chi connectivity index (χ4v) is 4.71. The molecule has 1 fully saturated rings. The average molecular weight is 562 g/mol. The molecule has 38 heavy (non-hydrogen) atoms. The Labute approximate surface area is 213 Å². The van der Waals surface area contributed by atoms with Gasteiger partial charge in [0.1, 0.15) is 18.9 Å². The predicted molar refractivity (Wildman–Crippen MR) is 125 cm³/mol. The Bertz CT molecular complexity index is 1260. The summed E-state index contributed by atoms with van der Waals surface area (Å²) >= 11 is 0. The van der Waals surface area contributed by atoms with Crippen LogP contribution in [0.3, 0.4) is 0 Å². The van der Waals surface area contributed by atoms with E-state index in [1.807, 2.05) is 0 Å². The van der Waals surface area contributed by atoms with Crippen molar-refractivity contribution in [1.82, 2.24) is 4.67 Å². The van der Waals surface area contributed by atoms with Crippen LogP contribution in [0.5, 0.6) is 0 Å². The summed E-state index contributed by atoms with van der Waals surface area (Å²) in [6, 6.07) is 0.582. The molecule has 2 aliphatic rings. The first kappa shape index (κ1) is 28.5. The average Bonchev–Trinajstić information content (AvgIpc) is 3.24. The fraction of sp³-hybridized carbons (Fsp3) is 0.333. The van der Waals surface area contributed by atoms with Crippen molar-refractivity contribution >= 4 is 43.0 Å². The molecule has 1 saturated heterocycles. The molecule has 0 spiro atoms. The minimum Gasteiger partial charge on any atom is -0.442 e. The highest BCUT2D eigenvalue weighted by atomic mass is 31.2. The van der Waals surface area contributed by atoms with Gasteiger partial charge in [-0.25, -0.2) is 32.0 Å². The highest BCUT2D eigenvalue weighted by Gasteiger charge is 2.43. The van der Waals surface area contributed by atoms with E-state index < -0.39 is 73.9 Å². The highest BCUT2D eigenvalue weighted by Crippen LogP contribution is 2.48. The molecule has 1 aromatic carbocycles. The first-order chi connectivity index (χ1) is 17.9. The molecular weight excluding hydrogens is 540 g/mol. The second-order valence-electron chi connectivity index (χ2n) is 7.65. The first-order valence-corrected chi connectivity index (χ1v) is 12.2. The van der Waals surface area contributed by atoms with Crippen molar-refractivity contribution in [2.45, 2.75) is 12.5 Å². The lowest BCUT2D eigenvalue weighted by atomic mass is 10.1. The van der Waals surface area contributed by atoms with Gasteiger partial charge in [0.15, 0.2) is 29.1 Å². The monoisotopic (exact) mass is 562 g/mol. The molecule has 2 unspecified atom stereocenters. The number of methoxy groups -OCH3 is 1. The zero-order chi connectivity index (χ0) is 28.2. The van der Waals surface area contributed by atoms with Gasteiger partial charge in [-0.1, -0.05) is 11.7 Å². The number of amidine groups is 1. The van der Waals surface area contributed by atoms with Crippen molar-refractivity contribution in [3.63, 3.8) is 0 Å². The summed E-state index contributed by atoms with van der Waals surface area (Å²) < 4.78 is 71.8. The fourth-order valence-electron chi connectivity index (χ4n) is 3.58. The molecule has 2 heterocycles. The topological polar surface area (TPSA) is 148 Å². The number of anilines is 2. The molecule has 2 aliphatic heterocycles. The normalized spacial score (nSPS) is 19.1. The Kier molecular flexibility index (Phi) is 8.68. The number of allylic oxidation sites excluding steroid dienone is 1. The van der Waals surface area contributed by atoms with Crippen LogP contribution in [0.15, 0.2) is 36.2 Å². The smallest absolute Gasteiger partial charge is 0.442 e. The van der Waals surface area contributed by atoms with E-state index >= 15 is 4.39 Å². The molecule has 0 aromatic heterocycles. The molecule has 1 amide bonds. The van der Waals surface area contributed by atoms with Crippen LogP contribution in [0.1, 0.15) is 6.42 Å². The number of amides is 1. The Hall–Kier alpha value is -4.04. The Morgan fingerprint density at radius 2 is 2.05 bits per heavy atom. The van der Waals surface area contributed by atoms with Crippen LogP contribution < -0.4 is 9.80 Å². The molecule has 0 radical (unpaired) electrons. The third-order valence-electron chi connectivity index (χ3n) is 5.28. The number of ketones is 1. The Balaban J connectivity index is 1.89. The number of benzene rings is 1. The third kappa shape index (κ3) is 5.92. The number of ether oxygens (including phenoxy) is 2. The van der Waals surface area contributed by atoms with E-state index in [1.54, 1.807) is 0 Å². The number of hydrogen-bond donors (Lipinski definition) is 1.